The van der Waals surface area contributed by atoms with Crippen molar-refractivity contribution in [1.82, 2.24) is 4.90 Å². The van der Waals surface area contributed by atoms with Gasteiger partial charge < -0.3 is 10.6 Å². The maximum absolute atomic E-state index is 11.5. The maximum atomic E-state index is 11.5. The predicted molar refractivity (Wildman–Crippen MR) is 59.3 cm³/mol. The van der Waals surface area contributed by atoms with Crippen molar-refractivity contribution in [2.45, 2.75) is 33.6 Å². The Morgan fingerprint density at radius 3 is 2.29 bits per heavy atom. The number of nitrogens with two attached hydrogens (primary N) is 1. The first-order chi connectivity index (χ1) is 6.65. The number of nitrogens with zero attached hydrogens (tertiary/aromatic N) is 2. The molecule has 0 saturated heterocycles. The monoisotopic (exact) mass is 199 g/mol. The summed E-state index contributed by atoms with van der Waals surface area (Å²) in [5.74, 6) is 0.778. The summed E-state index contributed by atoms with van der Waals surface area (Å²) in [5, 5.41) is 0. The van der Waals surface area contributed by atoms with Crippen LogP contribution in [0.4, 0.5) is 0 Å². The van der Waals surface area contributed by atoms with Gasteiger partial charge in [-0.25, -0.2) is 0 Å². The van der Waals surface area contributed by atoms with Crippen molar-refractivity contribution < 1.29 is 4.79 Å². The van der Waals surface area contributed by atoms with Crippen molar-refractivity contribution >= 4 is 11.7 Å². The highest BCUT2D eigenvalue weighted by Crippen LogP contribution is 1.94. The highest BCUT2D eigenvalue weighted by Gasteiger charge is 2.07. The Hall–Kier alpha value is -1.06. The van der Waals surface area contributed by atoms with Crippen LogP contribution in [0.25, 0.3) is 0 Å². The molecule has 4 heteroatoms. The predicted octanol–water partition coefficient (Wildman–Crippen LogP) is 1.01. The topological polar surface area (TPSA) is 58.7 Å². The Bertz CT molecular complexity index is 198. The third kappa shape index (κ3) is 4.84. The molecule has 0 atom stereocenters. The maximum Gasteiger partial charge on any atom is 0.224 e. The van der Waals surface area contributed by atoms with Crippen LogP contribution in [0.15, 0.2) is 4.99 Å². The highest BCUT2D eigenvalue weighted by atomic mass is 16.2. The largest absolute Gasteiger partial charge is 0.387 e. The van der Waals surface area contributed by atoms with Crippen LogP contribution in [0.3, 0.4) is 0 Å². The molecule has 0 rings (SSSR count). The Kier molecular flexibility index (Phi) is 6.80. The second-order valence-corrected chi connectivity index (χ2v) is 3.04. The van der Waals surface area contributed by atoms with Crippen molar-refractivity contribution in [2.75, 3.05) is 19.6 Å². The molecule has 0 aliphatic rings. The van der Waals surface area contributed by atoms with E-state index in [0.717, 1.165) is 19.5 Å². The zero-order valence-corrected chi connectivity index (χ0v) is 9.42. The molecule has 0 aromatic carbocycles. The van der Waals surface area contributed by atoms with Crippen LogP contribution in [-0.4, -0.2) is 36.3 Å². The molecule has 0 aliphatic carbocycles. The van der Waals surface area contributed by atoms with E-state index >= 15 is 0 Å². The number of rotatable bonds is 6. The molecule has 0 spiro atoms. The molecule has 0 aromatic heterocycles. The zero-order chi connectivity index (χ0) is 11.0. The van der Waals surface area contributed by atoms with Gasteiger partial charge in [-0.1, -0.05) is 6.92 Å². The van der Waals surface area contributed by atoms with Gasteiger partial charge in [-0.15, -0.1) is 0 Å². The third-order valence-electron chi connectivity index (χ3n) is 2.12. The molecule has 0 aliphatic heterocycles. The summed E-state index contributed by atoms with van der Waals surface area (Å²) in [6.07, 6.45) is 1.21. The average molecular weight is 199 g/mol. The highest BCUT2D eigenvalue weighted by molar-refractivity contribution is 5.80. The minimum atomic E-state index is 0.155. The van der Waals surface area contributed by atoms with Gasteiger partial charge in [-0.05, 0) is 13.8 Å². The van der Waals surface area contributed by atoms with Crippen LogP contribution >= 0.6 is 0 Å². The molecule has 0 fully saturated rings. The first-order valence-corrected chi connectivity index (χ1v) is 5.22. The first-order valence-electron chi connectivity index (χ1n) is 5.22. The number of carbonyl (C=O) groups is 1. The van der Waals surface area contributed by atoms with Crippen LogP contribution in [-0.2, 0) is 4.79 Å². The molecule has 0 saturated carbocycles. The third-order valence-corrected chi connectivity index (χ3v) is 2.12. The number of carbonyl (C=O) groups excluding carboxylic acids is 1. The van der Waals surface area contributed by atoms with E-state index in [9.17, 15) is 4.79 Å². The fraction of sp³-hybridized carbons (Fsp3) is 0.800. The summed E-state index contributed by atoms with van der Waals surface area (Å²) in [6, 6.07) is 0. The summed E-state index contributed by atoms with van der Waals surface area (Å²) in [5.41, 5.74) is 5.53. The molecule has 0 heterocycles. The van der Waals surface area contributed by atoms with Crippen molar-refractivity contribution in [2.24, 2.45) is 10.7 Å². The number of aliphatic imine (C=N–C) groups is 1. The van der Waals surface area contributed by atoms with E-state index in [2.05, 4.69) is 4.99 Å². The first kappa shape index (κ1) is 12.9. The van der Waals surface area contributed by atoms with Crippen LogP contribution in [0.2, 0.25) is 0 Å². The molecule has 0 bridgehead atoms. The van der Waals surface area contributed by atoms with E-state index in [-0.39, 0.29) is 5.91 Å². The molecule has 14 heavy (non-hydrogen) atoms. The van der Waals surface area contributed by atoms with Crippen LogP contribution in [0, 0.1) is 0 Å². The summed E-state index contributed by atoms with van der Waals surface area (Å²) in [7, 11) is 0. The quantitative estimate of drug-likeness (QED) is 0.512. The lowest BCUT2D eigenvalue weighted by Gasteiger charge is -2.17. The standard InChI is InChI=1S/C10H21N3O/c1-4-9(11)12-8-7-10(14)13(5-2)6-3/h4-8H2,1-3H3,(H2,11,12). The van der Waals surface area contributed by atoms with Crippen LogP contribution in [0.1, 0.15) is 33.6 Å². The summed E-state index contributed by atoms with van der Waals surface area (Å²) in [6.45, 7) is 7.95. The average Bonchev–Trinajstić information content (AvgIpc) is 2.19. The van der Waals surface area contributed by atoms with Crippen LogP contribution < -0.4 is 5.73 Å². The van der Waals surface area contributed by atoms with Crippen molar-refractivity contribution in [3.05, 3.63) is 0 Å². The van der Waals surface area contributed by atoms with Crippen molar-refractivity contribution in [1.29, 1.82) is 0 Å². The fourth-order valence-corrected chi connectivity index (χ4v) is 1.14. The molecule has 2 N–H and O–H groups in total. The van der Waals surface area contributed by atoms with Gasteiger partial charge in [-0.2, -0.15) is 0 Å². The van der Waals surface area contributed by atoms with E-state index in [1.165, 1.54) is 0 Å². The SMILES string of the molecule is CCC(N)=NCCC(=O)N(CC)CC. The number of hydrogen-bond donors (Lipinski definition) is 1. The minimum absolute atomic E-state index is 0.155. The van der Waals surface area contributed by atoms with E-state index in [0.29, 0.717) is 18.8 Å². The fourth-order valence-electron chi connectivity index (χ4n) is 1.14. The Morgan fingerprint density at radius 1 is 1.29 bits per heavy atom. The lowest BCUT2D eigenvalue weighted by molar-refractivity contribution is -0.130. The second-order valence-electron chi connectivity index (χ2n) is 3.04. The van der Waals surface area contributed by atoms with Gasteiger partial charge in [-0.3, -0.25) is 9.79 Å². The van der Waals surface area contributed by atoms with Gasteiger partial charge in [0.25, 0.3) is 0 Å². The van der Waals surface area contributed by atoms with Gasteiger partial charge in [0.15, 0.2) is 0 Å². The molecular formula is C10H21N3O. The van der Waals surface area contributed by atoms with E-state index in [1.807, 2.05) is 20.8 Å². The molecular weight excluding hydrogens is 178 g/mol. The molecule has 0 aromatic rings. The Balaban J connectivity index is 3.84. The van der Waals surface area contributed by atoms with Gasteiger partial charge >= 0.3 is 0 Å². The Labute approximate surface area is 86.2 Å². The van der Waals surface area contributed by atoms with Crippen molar-refractivity contribution in [3.8, 4) is 0 Å². The molecule has 1 amide bonds. The lowest BCUT2D eigenvalue weighted by Crippen LogP contribution is -2.30. The van der Waals surface area contributed by atoms with E-state index in [1.54, 1.807) is 4.90 Å². The molecule has 82 valence electrons. The van der Waals surface area contributed by atoms with Crippen molar-refractivity contribution in [3.63, 3.8) is 0 Å². The zero-order valence-electron chi connectivity index (χ0n) is 9.42. The number of amides is 1. The molecule has 4 nitrogen and oxygen atoms in total. The van der Waals surface area contributed by atoms with Gasteiger partial charge in [0.2, 0.25) is 5.91 Å². The molecule has 0 unspecified atom stereocenters. The number of hydrogen-bond acceptors (Lipinski definition) is 2. The van der Waals surface area contributed by atoms with E-state index < -0.39 is 0 Å². The van der Waals surface area contributed by atoms with Crippen LogP contribution in [0.5, 0.6) is 0 Å². The minimum Gasteiger partial charge on any atom is -0.387 e. The lowest BCUT2D eigenvalue weighted by atomic mass is 10.3. The van der Waals surface area contributed by atoms with Gasteiger partial charge in [0, 0.05) is 32.5 Å². The summed E-state index contributed by atoms with van der Waals surface area (Å²) in [4.78, 5) is 17.4. The van der Waals surface area contributed by atoms with E-state index in [4.69, 9.17) is 5.73 Å². The van der Waals surface area contributed by atoms with Gasteiger partial charge in [0.05, 0.1) is 5.84 Å². The molecule has 0 radical (unpaired) electrons. The summed E-state index contributed by atoms with van der Waals surface area (Å²) >= 11 is 0. The normalized spacial score (nSPS) is 11.5. The van der Waals surface area contributed by atoms with Gasteiger partial charge in [0.1, 0.15) is 0 Å². The second kappa shape index (κ2) is 7.35. The smallest absolute Gasteiger partial charge is 0.224 e. The Morgan fingerprint density at radius 2 is 1.86 bits per heavy atom. The summed E-state index contributed by atoms with van der Waals surface area (Å²) < 4.78 is 0. The number of amidine groups is 1.